The highest BCUT2D eigenvalue weighted by Gasteiger charge is 2.10. The molecule has 8 heteroatoms. The van der Waals surface area contributed by atoms with Crippen molar-refractivity contribution in [3.05, 3.63) is 50.7 Å². The molecule has 0 saturated heterocycles. The van der Waals surface area contributed by atoms with Gasteiger partial charge in [0, 0.05) is 6.07 Å². The van der Waals surface area contributed by atoms with Crippen molar-refractivity contribution in [2.24, 2.45) is 0 Å². The van der Waals surface area contributed by atoms with Gasteiger partial charge in [-0.2, -0.15) is 5.10 Å². The van der Waals surface area contributed by atoms with Crippen LogP contribution < -0.4 is 10.9 Å². The lowest BCUT2D eigenvalue weighted by Crippen LogP contribution is -2.27. The van der Waals surface area contributed by atoms with Crippen LogP contribution >= 0.6 is 23.2 Å². The summed E-state index contributed by atoms with van der Waals surface area (Å²) < 4.78 is 5.80. The molecular weight excluding hydrogens is 329 g/mol. The first-order valence-corrected chi connectivity index (χ1v) is 7.21. The van der Waals surface area contributed by atoms with Gasteiger partial charge in [0.25, 0.3) is 5.56 Å². The normalized spacial score (nSPS) is 10.3. The average Bonchev–Trinajstić information content (AvgIpc) is 2.46. The number of esters is 1. The van der Waals surface area contributed by atoms with E-state index in [2.05, 4.69) is 10.4 Å². The smallest absolute Gasteiger partial charge is 0.327 e. The summed E-state index contributed by atoms with van der Waals surface area (Å²) in [6.07, 6.45) is 0. The van der Waals surface area contributed by atoms with Gasteiger partial charge in [-0.15, -0.1) is 0 Å². The number of halogens is 2. The predicted molar refractivity (Wildman–Crippen MR) is 84.9 cm³/mol. The van der Waals surface area contributed by atoms with E-state index < -0.39 is 11.5 Å². The van der Waals surface area contributed by atoms with E-state index in [-0.39, 0.29) is 13.2 Å². The zero-order valence-corrected chi connectivity index (χ0v) is 13.2. The van der Waals surface area contributed by atoms with Crippen LogP contribution in [0.5, 0.6) is 0 Å². The molecule has 0 aliphatic heterocycles. The topological polar surface area (TPSA) is 73.2 Å². The molecule has 1 N–H and O–H groups in total. The van der Waals surface area contributed by atoms with Crippen LogP contribution in [0.15, 0.2) is 35.1 Å². The van der Waals surface area contributed by atoms with Gasteiger partial charge in [-0.1, -0.05) is 29.3 Å². The third kappa shape index (κ3) is 3.99. The molecule has 1 aromatic heterocycles. The van der Waals surface area contributed by atoms with Crippen molar-refractivity contribution in [3.63, 3.8) is 0 Å². The van der Waals surface area contributed by atoms with Crippen molar-refractivity contribution in [2.75, 3.05) is 11.9 Å². The lowest BCUT2D eigenvalue weighted by atomic mass is 10.3. The Morgan fingerprint density at radius 3 is 2.59 bits per heavy atom. The number of benzene rings is 1. The highest BCUT2D eigenvalue weighted by molar-refractivity contribution is 6.39. The Morgan fingerprint density at radius 2 is 1.95 bits per heavy atom. The number of carbonyl (C=O) groups is 1. The molecule has 0 aliphatic carbocycles. The molecule has 1 heterocycles. The average molecular weight is 342 g/mol. The maximum Gasteiger partial charge on any atom is 0.327 e. The van der Waals surface area contributed by atoms with E-state index in [4.69, 9.17) is 27.9 Å². The van der Waals surface area contributed by atoms with Crippen molar-refractivity contribution in [1.29, 1.82) is 0 Å². The fourth-order valence-corrected chi connectivity index (χ4v) is 2.20. The maximum atomic E-state index is 11.7. The van der Waals surface area contributed by atoms with E-state index in [0.717, 1.165) is 4.68 Å². The number of para-hydroxylation sites is 1. The standard InChI is InChI=1S/C14H13Cl2N3O3/c1-2-22-13(21)8-19-12(20)7-6-11(18-19)17-14-9(15)4-3-5-10(14)16/h3-7H,2,8H2,1H3,(H,17,18). The zero-order chi connectivity index (χ0) is 16.1. The van der Waals surface area contributed by atoms with Gasteiger partial charge in [0.05, 0.1) is 22.3 Å². The number of rotatable bonds is 5. The molecule has 116 valence electrons. The van der Waals surface area contributed by atoms with Crippen molar-refractivity contribution in [1.82, 2.24) is 9.78 Å². The second kappa shape index (κ2) is 7.29. The lowest BCUT2D eigenvalue weighted by molar-refractivity contribution is -0.144. The number of ether oxygens (including phenoxy) is 1. The minimum atomic E-state index is -0.537. The van der Waals surface area contributed by atoms with Crippen LogP contribution in [0.1, 0.15) is 6.92 Å². The number of hydrogen-bond donors (Lipinski definition) is 1. The number of nitrogens with zero attached hydrogens (tertiary/aromatic N) is 2. The second-order valence-corrected chi connectivity index (χ2v) is 5.06. The molecule has 0 bridgehead atoms. The first-order valence-electron chi connectivity index (χ1n) is 6.46. The Hall–Kier alpha value is -2.05. The number of anilines is 2. The third-order valence-corrected chi connectivity index (χ3v) is 3.30. The quantitative estimate of drug-likeness (QED) is 0.846. The molecule has 0 saturated carbocycles. The summed E-state index contributed by atoms with van der Waals surface area (Å²) in [4.78, 5) is 23.2. The summed E-state index contributed by atoms with van der Waals surface area (Å²) in [5.41, 5.74) is 0.0588. The highest BCUT2D eigenvalue weighted by atomic mass is 35.5. The molecule has 0 spiro atoms. The van der Waals surface area contributed by atoms with E-state index in [9.17, 15) is 9.59 Å². The maximum absolute atomic E-state index is 11.7. The largest absolute Gasteiger partial charge is 0.465 e. The molecule has 0 atom stereocenters. The number of carbonyl (C=O) groups excluding carboxylic acids is 1. The van der Waals surface area contributed by atoms with Crippen LogP contribution in [0.25, 0.3) is 0 Å². The second-order valence-electron chi connectivity index (χ2n) is 4.24. The SMILES string of the molecule is CCOC(=O)Cn1nc(Nc2c(Cl)cccc2Cl)ccc1=O. The Labute approximate surface area is 136 Å². The summed E-state index contributed by atoms with van der Waals surface area (Å²) in [5.74, 6) is -0.205. The monoisotopic (exact) mass is 341 g/mol. The lowest BCUT2D eigenvalue weighted by Gasteiger charge is -2.11. The molecule has 0 amide bonds. The highest BCUT2D eigenvalue weighted by Crippen LogP contribution is 2.31. The van der Waals surface area contributed by atoms with Crippen molar-refractivity contribution < 1.29 is 9.53 Å². The van der Waals surface area contributed by atoms with Gasteiger partial charge in [-0.25, -0.2) is 4.68 Å². The molecule has 2 rings (SSSR count). The van der Waals surface area contributed by atoms with Crippen LogP contribution in [-0.4, -0.2) is 22.4 Å². The van der Waals surface area contributed by atoms with Crippen molar-refractivity contribution >= 4 is 40.7 Å². The molecule has 2 aromatic rings. The van der Waals surface area contributed by atoms with Gasteiger partial charge in [0.1, 0.15) is 6.54 Å². The van der Waals surface area contributed by atoms with Crippen LogP contribution in [0.2, 0.25) is 10.0 Å². The fourth-order valence-electron chi connectivity index (χ4n) is 1.70. The summed E-state index contributed by atoms with van der Waals surface area (Å²) in [5, 5.41) is 7.80. The Balaban J connectivity index is 2.26. The molecule has 1 aromatic carbocycles. The van der Waals surface area contributed by atoms with Crippen LogP contribution in [0.4, 0.5) is 11.5 Å². The summed E-state index contributed by atoms with van der Waals surface area (Å²) >= 11 is 12.1. The van der Waals surface area contributed by atoms with E-state index in [1.807, 2.05) is 0 Å². The Bertz CT molecular complexity index is 726. The summed E-state index contributed by atoms with van der Waals surface area (Å²) in [6.45, 7) is 1.66. The first-order chi connectivity index (χ1) is 10.5. The molecule has 0 unspecified atom stereocenters. The van der Waals surface area contributed by atoms with E-state index in [1.54, 1.807) is 25.1 Å². The van der Waals surface area contributed by atoms with Gasteiger partial charge < -0.3 is 10.1 Å². The minimum absolute atomic E-state index is 0.237. The van der Waals surface area contributed by atoms with Gasteiger partial charge >= 0.3 is 5.97 Å². The third-order valence-electron chi connectivity index (χ3n) is 2.67. The molecular formula is C14H13Cl2N3O3. The molecule has 6 nitrogen and oxygen atoms in total. The molecule has 0 aliphatic rings. The molecule has 22 heavy (non-hydrogen) atoms. The van der Waals surface area contributed by atoms with E-state index >= 15 is 0 Å². The Kier molecular flexibility index (Phi) is 5.41. The van der Waals surface area contributed by atoms with Crippen LogP contribution in [0, 0.1) is 0 Å². The van der Waals surface area contributed by atoms with Crippen molar-refractivity contribution in [3.8, 4) is 0 Å². The number of nitrogens with one attached hydrogen (secondary N) is 1. The number of aromatic nitrogens is 2. The van der Waals surface area contributed by atoms with Crippen LogP contribution in [0.3, 0.4) is 0 Å². The van der Waals surface area contributed by atoms with E-state index in [0.29, 0.717) is 21.6 Å². The molecule has 0 fully saturated rings. The first kappa shape index (κ1) is 16.3. The van der Waals surface area contributed by atoms with E-state index in [1.165, 1.54) is 12.1 Å². The van der Waals surface area contributed by atoms with Gasteiger partial charge in [-0.05, 0) is 25.1 Å². The summed E-state index contributed by atoms with van der Waals surface area (Å²) in [7, 11) is 0. The van der Waals surface area contributed by atoms with Gasteiger partial charge in [-0.3, -0.25) is 9.59 Å². The Morgan fingerprint density at radius 1 is 1.27 bits per heavy atom. The zero-order valence-electron chi connectivity index (χ0n) is 11.7. The number of hydrogen-bond acceptors (Lipinski definition) is 5. The summed E-state index contributed by atoms with van der Waals surface area (Å²) in [6, 6.07) is 7.82. The fraction of sp³-hybridized carbons (Fsp3) is 0.214. The molecule has 0 radical (unpaired) electrons. The van der Waals surface area contributed by atoms with Crippen molar-refractivity contribution in [2.45, 2.75) is 13.5 Å². The van der Waals surface area contributed by atoms with Gasteiger partial charge in [0.15, 0.2) is 5.82 Å². The van der Waals surface area contributed by atoms with Gasteiger partial charge in [0.2, 0.25) is 0 Å². The predicted octanol–water partition coefficient (Wildman–Crippen LogP) is 2.86. The minimum Gasteiger partial charge on any atom is -0.465 e. The van der Waals surface area contributed by atoms with Crippen LogP contribution in [-0.2, 0) is 16.1 Å².